The zero-order valence-electron chi connectivity index (χ0n) is 14.8. The van der Waals surface area contributed by atoms with Crippen molar-refractivity contribution >= 4 is 5.78 Å². The van der Waals surface area contributed by atoms with E-state index in [4.69, 9.17) is 5.73 Å². The molecule has 2 N–H and O–H groups in total. The molecule has 0 aliphatic rings. The smallest absolute Gasteiger partial charge is 0.149 e. The highest BCUT2D eigenvalue weighted by Crippen LogP contribution is 2.10. The van der Waals surface area contributed by atoms with Crippen LogP contribution < -0.4 is 5.73 Å². The van der Waals surface area contributed by atoms with Crippen LogP contribution in [0.25, 0.3) is 0 Å². The molecule has 1 radical (unpaired) electrons. The number of nitrogens with two attached hydrogens (primary N) is 1. The van der Waals surface area contributed by atoms with Crippen LogP contribution in [-0.2, 0) is 4.79 Å². The summed E-state index contributed by atoms with van der Waals surface area (Å²) in [5.41, 5.74) is 5.43. The minimum absolute atomic E-state index is 0.0950. The van der Waals surface area contributed by atoms with Gasteiger partial charge < -0.3 is 5.73 Å². The largest absolute Gasteiger partial charge is 0.322 e. The normalized spacial score (nSPS) is 12.9. The van der Waals surface area contributed by atoms with Gasteiger partial charge in [-0.15, -0.1) is 0 Å². The Bertz CT molecular complexity index is 271. The molecule has 129 valence electrons. The first kappa shape index (κ1) is 21.4. The van der Waals surface area contributed by atoms with Crippen molar-refractivity contribution in [2.75, 3.05) is 0 Å². The van der Waals surface area contributed by atoms with E-state index in [1.54, 1.807) is 0 Å². The Balaban J connectivity index is 3.16. The van der Waals surface area contributed by atoms with Crippen LogP contribution in [0.4, 0.5) is 0 Å². The molecule has 0 fully saturated rings. The molecule has 1 unspecified atom stereocenters. The Morgan fingerprint density at radius 3 is 1.82 bits per heavy atom. The van der Waals surface area contributed by atoms with Gasteiger partial charge in [0.15, 0.2) is 0 Å². The molecule has 0 bridgehead atoms. The van der Waals surface area contributed by atoms with Gasteiger partial charge in [0, 0.05) is 6.42 Å². The third-order valence-electron chi connectivity index (χ3n) is 4.10. The topological polar surface area (TPSA) is 43.1 Å². The van der Waals surface area contributed by atoms with Gasteiger partial charge in [-0.3, -0.25) is 4.79 Å². The van der Waals surface area contributed by atoms with Crippen molar-refractivity contribution < 1.29 is 4.79 Å². The zero-order valence-corrected chi connectivity index (χ0v) is 14.8. The molecular formula is C20H38NO. The number of ketones is 1. The van der Waals surface area contributed by atoms with E-state index in [9.17, 15) is 4.79 Å². The molecule has 0 saturated carbocycles. The molecule has 0 heterocycles. The lowest BCUT2D eigenvalue weighted by Crippen LogP contribution is -2.26. The maximum Gasteiger partial charge on any atom is 0.149 e. The summed E-state index contributed by atoms with van der Waals surface area (Å²) in [4.78, 5) is 11.3. The number of carbonyl (C=O) groups is 1. The molecule has 2 heteroatoms. The van der Waals surface area contributed by atoms with Crippen LogP contribution >= 0.6 is 0 Å². The second-order valence-electron chi connectivity index (χ2n) is 6.41. The van der Waals surface area contributed by atoms with Gasteiger partial charge in [0.25, 0.3) is 0 Å². The third kappa shape index (κ3) is 15.8. The van der Waals surface area contributed by atoms with Crippen molar-refractivity contribution in [1.29, 1.82) is 0 Å². The molecule has 0 aromatic heterocycles. The SMILES string of the molecule is [CH2]C(N)C(=O)CCCCCCC/C=C\CCCCCCCC. The fraction of sp³-hybridized carbons (Fsp3) is 0.800. The fourth-order valence-electron chi connectivity index (χ4n) is 2.56. The van der Waals surface area contributed by atoms with Crippen LogP contribution in [0.2, 0.25) is 0 Å². The van der Waals surface area contributed by atoms with Gasteiger partial charge >= 0.3 is 0 Å². The zero-order chi connectivity index (χ0) is 16.5. The first-order valence-corrected chi connectivity index (χ1v) is 9.44. The molecule has 2 nitrogen and oxygen atoms in total. The molecule has 0 aliphatic carbocycles. The van der Waals surface area contributed by atoms with Gasteiger partial charge in [-0.1, -0.05) is 70.4 Å². The summed E-state index contributed by atoms with van der Waals surface area (Å²) in [7, 11) is 0. The Labute approximate surface area is 138 Å². The van der Waals surface area contributed by atoms with E-state index < -0.39 is 6.04 Å². The highest BCUT2D eigenvalue weighted by atomic mass is 16.1. The average molecular weight is 309 g/mol. The maximum atomic E-state index is 11.3. The number of carbonyl (C=O) groups excluding carboxylic acids is 1. The lowest BCUT2D eigenvalue weighted by atomic mass is 10.0. The first-order valence-electron chi connectivity index (χ1n) is 9.44. The molecule has 0 spiro atoms. The average Bonchev–Trinajstić information content (AvgIpc) is 2.50. The van der Waals surface area contributed by atoms with E-state index in [-0.39, 0.29) is 5.78 Å². The minimum Gasteiger partial charge on any atom is -0.322 e. The predicted octanol–water partition coefficient (Wildman–Crippen LogP) is 5.75. The van der Waals surface area contributed by atoms with Crippen molar-refractivity contribution in [3.05, 3.63) is 19.1 Å². The monoisotopic (exact) mass is 308 g/mol. The van der Waals surface area contributed by atoms with Crippen LogP contribution in [0, 0.1) is 6.92 Å². The summed E-state index contributed by atoms with van der Waals surface area (Å²) >= 11 is 0. The number of allylic oxidation sites excluding steroid dienone is 2. The van der Waals surface area contributed by atoms with Crippen molar-refractivity contribution in [2.45, 2.75) is 103 Å². The number of hydrogen-bond acceptors (Lipinski definition) is 2. The van der Waals surface area contributed by atoms with Gasteiger partial charge in [-0.25, -0.2) is 0 Å². The Morgan fingerprint density at radius 1 is 0.864 bits per heavy atom. The third-order valence-corrected chi connectivity index (χ3v) is 4.10. The quantitative estimate of drug-likeness (QED) is 0.291. The van der Waals surface area contributed by atoms with Crippen LogP contribution in [-0.4, -0.2) is 11.8 Å². The molecule has 0 amide bonds. The summed E-state index contributed by atoms with van der Waals surface area (Å²) in [5, 5.41) is 0. The van der Waals surface area contributed by atoms with E-state index in [1.165, 1.54) is 70.6 Å². The van der Waals surface area contributed by atoms with E-state index in [1.807, 2.05) is 0 Å². The number of Topliss-reactive ketones (excluding diaryl/α,β-unsaturated/α-hetero) is 1. The molecule has 0 saturated heterocycles. The van der Waals surface area contributed by atoms with Gasteiger partial charge in [0.1, 0.15) is 5.78 Å². The summed E-state index contributed by atoms with van der Waals surface area (Å²) < 4.78 is 0. The summed E-state index contributed by atoms with van der Waals surface area (Å²) in [6.45, 7) is 5.81. The summed E-state index contributed by atoms with van der Waals surface area (Å²) in [5.74, 6) is 0.0950. The molecule has 22 heavy (non-hydrogen) atoms. The standard InChI is InChI=1S/C20H38NO/c1-3-4-5-6-7-8-9-10-11-12-13-14-15-16-17-18-20(22)19(2)21/h10-11,19H,2-9,12-18,21H2,1H3/b11-10-. The lowest BCUT2D eigenvalue weighted by molar-refractivity contribution is -0.119. The van der Waals surface area contributed by atoms with Gasteiger partial charge in [-0.05, 0) is 39.0 Å². The molecule has 0 aromatic rings. The van der Waals surface area contributed by atoms with Crippen molar-refractivity contribution in [3.63, 3.8) is 0 Å². The van der Waals surface area contributed by atoms with Gasteiger partial charge in [-0.2, -0.15) is 0 Å². The Hall–Kier alpha value is -0.630. The van der Waals surface area contributed by atoms with Crippen LogP contribution in [0.3, 0.4) is 0 Å². The van der Waals surface area contributed by atoms with E-state index in [0.29, 0.717) is 6.42 Å². The molecular weight excluding hydrogens is 270 g/mol. The van der Waals surface area contributed by atoms with E-state index in [0.717, 1.165) is 12.8 Å². The van der Waals surface area contributed by atoms with Gasteiger partial charge in [0.05, 0.1) is 6.04 Å². The number of unbranched alkanes of at least 4 members (excludes halogenated alkanes) is 11. The highest BCUT2D eigenvalue weighted by Gasteiger charge is 2.06. The van der Waals surface area contributed by atoms with E-state index in [2.05, 4.69) is 26.0 Å². The van der Waals surface area contributed by atoms with E-state index >= 15 is 0 Å². The van der Waals surface area contributed by atoms with Crippen LogP contribution in [0.15, 0.2) is 12.2 Å². The molecule has 0 aromatic carbocycles. The van der Waals surface area contributed by atoms with Crippen molar-refractivity contribution in [2.24, 2.45) is 5.73 Å². The van der Waals surface area contributed by atoms with Crippen LogP contribution in [0.1, 0.15) is 96.8 Å². The lowest BCUT2D eigenvalue weighted by Gasteiger charge is -2.03. The predicted molar refractivity (Wildman–Crippen MR) is 97.8 cm³/mol. The Kier molecular flexibility index (Phi) is 16.3. The fourth-order valence-corrected chi connectivity index (χ4v) is 2.56. The molecule has 1 atom stereocenters. The molecule has 0 aliphatic heterocycles. The van der Waals surface area contributed by atoms with Gasteiger partial charge in [0.2, 0.25) is 0 Å². The molecule has 0 rings (SSSR count). The second kappa shape index (κ2) is 16.7. The highest BCUT2D eigenvalue weighted by molar-refractivity contribution is 5.84. The summed E-state index contributed by atoms with van der Waals surface area (Å²) in [6.07, 6.45) is 21.9. The maximum absolute atomic E-state index is 11.3. The second-order valence-corrected chi connectivity index (χ2v) is 6.41. The number of hydrogen-bond donors (Lipinski definition) is 1. The summed E-state index contributed by atoms with van der Waals surface area (Å²) in [6, 6.07) is -0.531. The Morgan fingerprint density at radius 2 is 1.32 bits per heavy atom. The van der Waals surface area contributed by atoms with Crippen molar-refractivity contribution in [3.8, 4) is 0 Å². The van der Waals surface area contributed by atoms with Crippen molar-refractivity contribution in [1.82, 2.24) is 0 Å². The first-order chi connectivity index (χ1) is 10.7. The number of rotatable bonds is 16. The minimum atomic E-state index is -0.531. The van der Waals surface area contributed by atoms with Crippen LogP contribution in [0.5, 0.6) is 0 Å².